The minimum Gasteiger partial charge on any atom is -0.507 e. The van der Waals surface area contributed by atoms with Crippen molar-refractivity contribution in [2.75, 3.05) is 5.43 Å². The lowest BCUT2D eigenvalue weighted by Gasteiger charge is -2.13. The Hall–Kier alpha value is -2.28. The molecule has 21 heavy (non-hydrogen) atoms. The fourth-order valence-corrected chi connectivity index (χ4v) is 1.72. The summed E-state index contributed by atoms with van der Waals surface area (Å²) in [7, 11) is 0. The van der Waals surface area contributed by atoms with Crippen molar-refractivity contribution in [1.29, 1.82) is 0 Å². The Morgan fingerprint density at radius 1 is 1.05 bits per heavy atom. The normalized spacial score (nSPS) is 11.4. The van der Waals surface area contributed by atoms with Crippen LogP contribution >= 0.6 is 0 Å². The minimum atomic E-state index is -4.70. The van der Waals surface area contributed by atoms with Crippen LogP contribution in [-0.4, -0.2) is 5.11 Å². The predicted molar refractivity (Wildman–Crippen MR) is 70.0 cm³/mol. The van der Waals surface area contributed by atoms with Crippen LogP contribution in [0.2, 0.25) is 0 Å². The zero-order valence-electron chi connectivity index (χ0n) is 10.7. The maximum Gasteiger partial charge on any atom is 0.416 e. The lowest BCUT2D eigenvalue weighted by molar-refractivity contribution is -0.137. The second kappa shape index (κ2) is 6.01. The topological polar surface area (TPSA) is 44.3 Å². The monoisotopic (exact) mass is 300 g/mol. The van der Waals surface area contributed by atoms with Gasteiger partial charge < -0.3 is 10.5 Å². The van der Waals surface area contributed by atoms with Crippen molar-refractivity contribution in [3.8, 4) is 5.75 Å². The van der Waals surface area contributed by atoms with Gasteiger partial charge in [0.15, 0.2) is 0 Å². The van der Waals surface area contributed by atoms with E-state index in [1.807, 2.05) is 6.07 Å². The Kier molecular flexibility index (Phi) is 4.32. The number of hydrogen-bond donors (Lipinski definition) is 3. The van der Waals surface area contributed by atoms with Gasteiger partial charge in [-0.25, -0.2) is 9.82 Å². The Bertz CT molecular complexity index is 591. The molecule has 0 heterocycles. The van der Waals surface area contributed by atoms with Crippen molar-refractivity contribution in [3.63, 3.8) is 0 Å². The van der Waals surface area contributed by atoms with Crippen molar-refractivity contribution in [2.45, 2.75) is 12.7 Å². The van der Waals surface area contributed by atoms with Crippen LogP contribution < -0.4 is 10.9 Å². The molecule has 0 aliphatic carbocycles. The second-order valence-electron chi connectivity index (χ2n) is 4.30. The molecule has 2 aromatic carbocycles. The van der Waals surface area contributed by atoms with E-state index in [-0.39, 0.29) is 12.1 Å². The van der Waals surface area contributed by atoms with E-state index < -0.39 is 23.3 Å². The molecule has 112 valence electrons. The highest BCUT2D eigenvalue weighted by atomic mass is 19.4. The standard InChI is InChI=1S/C14H12F4N2O/c15-12-6-9(14(16,17)18)7-13(21)11(12)8-19-20-10-4-2-1-3-5-10/h1-7,19-21H,8H2. The number of hydrazine groups is 1. The molecule has 0 aromatic heterocycles. The van der Waals surface area contributed by atoms with E-state index in [9.17, 15) is 22.7 Å². The van der Waals surface area contributed by atoms with Crippen molar-refractivity contribution in [3.05, 3.63) is 59.4 Å². The smallest absolute Gasteiger partial charge is 0.416 e. The molecule has 0 amide bonds. The summed E-state index contributed by atoms with van der Waals surface area (Å²) in [5, 5.41) is 9.52. The lowest BCUT2D eigenvalue weighted by atomic mass is 10.1. The molecule has 0 spiro atoms. The van der Waals surface area contributed by atoms with Gasteiger partial charge >= 0.3 is 6.18 Å². The highest BCUT2D eigenvalue weighted by molar-refractivity contribution is 5.42. The largest absolute Gasteiger partial charge is 0.507 e. The van der Waals surface area contributed by atoms with E-state index in [2.05, 4.69) is 10.9 Å². The molecule has 2 aromatic rings. The van der Waals surface area contributed by atoms with Crippen molar-refractivity contribution in [2.24, 2.45) is 0 Å². The predicted octanol–water partition coefficient (Wildman–Crippen LogP) is 3.67. The number of phenols is 1. The van der Waals surface area contributed by atoms with Gasteiger partial charge in [-0.05, 0) is 24.3 Å². The molecule has 0 atom stereocenters. The van der Waals surface area contributed by atoms with E-state index in [0.29, 0.717) is 17.8 Å². The third-order valence-corrected chi connectivity index (χ3v) is 2.77. The number of phenolic OH excluding ortho intramolecular Hbond substituents is 1. The van der Waals surface area contributed by atoms with Crippen LogP contribution in [0.1, 0.15) is 11.1 Å². The fourth-order valence-electron chi connectivity index (χ4n) is 1.72. The molecule has 0 bridgehead atoms. The minimum absolute atomic E-state index is 0.176. The number of rotatable bonds is 4. The van der Waals surface area contributed by atoms with Crippen LogP contribution in [0.15, 0.2) is 42.5 Å². The van der Waals surface area contributed by atoms with Gasteiger partial charge in [0.1, 0.15) is 11.6 Å². The quantitative estimate of drug-likeness (QED) is 0.596. The molecular weight excluding hydrogens is 288 g/mol. The third-order valence-electron chi connectivity index (χ3n) is 2.77. The first kappa shape index (κ1) is 15.1. The van der Waals surface area contributed by atoms with Gasteiger partial charge in [0.2, 0.25) is 0 Å². The van der Waals surface area contributed by atoms with Crippen molar-refractivity contribution < 1.29 is 22.7 Å². The molecule has 3 N–H and O–H groups in total. The molecule has 0 fully saturated rings. The van der Waals surface area contributed by atoms with E-state index in [1.54, 1.807) is 24.3 Å². The number of anilines is 1. The van der Waals surface area contributed by atoms with E-state index >= 15 is 0 Å². The molecule has 2 rings (SSSR count). The maximum absolute atomic E-state index is 13.6. The van der Waals surface area contributed by atoms with Crippen LogP contribution in [0.5, 0.6) is 5.75 Å². The Morgan fingerprint density at radius 2 is 1.71 bits per heavy atom. The molecule has 0 saturated heterocycles. The number of nitrogens with one attached hydrogen (secondary N) is 2. The first-order valence-corrected chi connectivity index (χ1v) is 6.00. The third kappa shape index (κ3) is 3.85. The number of aromatic hydroxyl groups is 1. The fraction of sp³-hybridized carbons (Fsp3) is 0.143. The van der Waals surface area contributed by atoms with Crippen molar-refractivity contribution in [1.82, 2.24) is 5.43 Å². The lowest BCUT2D eigenvalue weighted by Crippen LogP contribution is -2.21. The van der Waals surface area contributed by atoms with Gasteiger partial charge in [0.05, 0.1) is 5.56 Å². The number of alkyl halides is 3. The Balaban J connectivity index is 2.07. The summed E-state index contributed by atoms with van der Waals surface area (Å²) >= 11 is 0. The molecule has 7 heteroatoms. The van der Waals surface area contributed by atoms with Gasteiger partial charge in [0.25, 0.3) is 0 Å². The van der Waals surface area contributed by atoms with Gasteiger partial charge in [-0.2, -0.15) is 13.2 Å². The first-order chi connectivity index (χ1) is 9.88. The molecule has 0 aliphatic rings. The SMILES string of the molecule is Oc1cc(C(F)(F)F)cc(F)c1CNNc1ccccc1. The molecule has 3 nitrogen and oxygen atoms in total. The van der Waals surface area contributed by atoms with Gasteiger partial charge in [0, 0.05) is 17.8 Å². The molecule has 0 saturated carbocycles. The Labute approximate surface area is 118 Å². The molecule has 0 radical (unpaired) electrons. The van der Waals surface area contributed by atoms with Gasteiger partial charge in [-0.1, -0.05) is 18.2 Å². The number of benzene rings is 2. The second-order valence-corrected chi connectivity index (χ2v) is 4.30. The van der Waals surface area contributed by atoms with Crippen molar-refractivity contribution >= 4 is 5.69 Å². The van der Waals surface area contributed by atoms with Crippen LogP contribution in [0, 0.1) is 5.82 Å². The van der Waals surface area contributed by atoms with Crippen LogP contribution in [0.25, 0.3) is 0 Å². The van der Waals surface area contributed by atoms with Crippen LogP contribution in [-0.2, 0) is 12.7 Å². The van der Waals surface area contributed by atoms with E-state index in [0.717, 1.165) is 0 Å². The average Bonchev–Trinajstić information content (AvgIpc) is 2.42. The highest BCUT2D eigenvalue weighted by Crippen LogP contribution is 2.34. The van der Waals surface area contributed by atoms with Crippen LogP contribution in [0.4, 0.5) is 23.2 Å². The summed E-state index contributed by atoms with van der Waals surface area (Å²) in [4.78, 5) is 0. The zero-order valence-corrected chi connectivity index (χ0v) is 10.7. The van der Waals surface area contributed by atoms with Crippen LogP contribution in [0.3, 0.4) is 0 Å². The Morgan fingerprint density at radius 3 is 2.29 bits per heavy atom. The maximum atomic E-state index is 13.6. The highest BCUT2D eigenvalue weighted by Gasteiger charge is 2.32. The summed E-state index contributed by atoms with van der Waals surface area (Å²) in [6.45, 7) is -0.176. The zero-order chi connectivity index (χ0) is 15.5. The van der Waals surface area contributed by atoms with Gasteiger partial charge in [-0.15, -0.1) is 0 Å². The summed E-state index contributed by atoms with van der Waals surface area (Å²) < 4.78 is 51.0. The average molecular weight is 300 g/mol. The molecular formula is C14H12F4N2O. The van der Waals surface area contributed by atoms with Gasteiger partial charge in [-0.3, -0.25) is 0 Å². The number of hydrogen-bond acceptors (Lipinski definition) is 3. The molecule has 0 unspecified atom stereocenters. The summed E-state index contributed by atoms with van der Waals surface area (Å²) in [6.07, 6.45) is -4.70. The number of halogens is 4. The first-order valence-electron chi connectivity index (χ1n) is 6.00. The van der Waals surface area contributed by atoms with E-state index in [1.165, 1.54) is 0 Å². The summed E-state index contributed by atoms with van der Waals surface area (Å²) in [5.74, 6) is -1.87. The number of para-hydroxylation sites is 1. The summed E-state index contributed by atoms with van der Waals surface area (Å²) in [5.41, 5.74) is 4.60. The molecule has 0 aliphatic heterocycles. The van der Waals surface area contributed by atoms with E-state index in [4.69, 9.17) is 0 Å². The summed E-state index contributed by atoms with van der Waals surface area (Å²) in [6, 6.07) is 9.72.